The van der Waals surface area contributed by atoms with Crippen LogP contribution in [0, 0.1) is 17.0 Å². The van der Waals surface area contributed by atoms with Gasteiger partial charge < -0.3 is 10.6 Å². The number of amides is 2. The Labute approximate surface area is 153 Å². The van der Waals surface area contributed by atoms with Gasteiger partial charge in [0.15, 0.2) is 11.6 Å². The molecule has 0 saturated carbocycles. The second kappa shape index (κ2) is 7.37. The Bertz CT molecular complexity index is 774. The maximum atomic E-state index is 13.2. The second-order valence-corrected chi connectivity index (χ2v) is 6.61. The number of anilines is 2. The summed E-state index contributed by atoms with van der Waals surface area (Å²) in [6, 6.07) is 7.41. The quantitative estimate of drug-likeness (QED) is 0.735. The number of rotatable bonds is 4. The van der Waals surface area contributed by atoms with E-state index in [0.717, 1.165) is 12.1 Å². The number of hydrogen-bond donors (Lipinski definition) is 2. The van der Waals surface area contributed by atoms with Crippen LogP contribution in [0.1, 0.15) is 13.8 Å². The number of carbonyl (C=O) groups is 2. The van der Waals surface area contributed by atoms with Gasteiger partial charge >= 0.3 is 0 Å². The molecule has 132 valence electrons. The molecule has 0 aliphatic carbocycles. The van der Waals surface area contributed by atoms with Crippen molar-refractivity contribution in [3.63, 3.8) is 0 Å². The van der Waals surface area contributed by atoms with Gasteiger partial charge in [0.05, 0.1) is 10.0 Å². The zero-order chi connectivity index (χ0) is 18.8. The molecule has 4 nitrogen and oxygen atoms in total. The summed E-state index contributed by atoms with van der Waals surface area (Å²) in [6.45, 7) is 2.80. The van der Waals surface area contributed by atoms with Crippen LogP contribution in [0.15, 0.2) is 36.4 Å². The molecule has 0 atom stereocenters. The van der Waals surface area contributed by atoms with E-state index in [2.05, 4.69) is 10.6 Å². The van der Waals surface area contributed by atoms with Crippen LogP contribution in [0.25, 0.3) is 0 Å². The molecule has 0 radical (unpaired) electrons. The van der Waals surface area contributed by atoms with Crippen molar-refractivity contribution in [2.75, 3.05) is 10.6 Å². The van der Waals surface area contributed by atoms with E-state index in [0.29, 0.717) is 10.7 Å². The standard InChI is InChI=1S/C17H14Cl2F2N2O2/c1-17(2,15(24)22-9-3-5-11(18)12(19)7-9)16(25)23-10-4-6-13(20)14(21)8-10/h3-8H,1-2H3,(H,22,24)(H,23,25). The van der Waals surface area contributed by atoms with Gasteiger partial charge in [-0.15, -0.1) is 0 Å². The Balaban J connectivity index is 2.12. The molecule has 0 heterocycles. The predicted octanol–water partition coefficient (Wildman–Crippen LogP) is 4.88. The number of benzene rings is 2. The first kappa shape index (κ1) is 19.1. The van der Waals surface area contributed by atoms with Crippen molar-refractivity contribution >= 4 is 46.4 Å². The van der Waals surface area contributed by atoms with Gasteiger partial charge in [0, 0.05) is 17.4 Å². The van der Waals surface area contributed by atoms with Gasteiger partial charge in [0.1, 0.15) is 5.41 Å². The molecule has 0 aliphatic rings. The number of carbonyl (C=O) groups excluding carboxylic acids is 2. The topological polar surface area (TPSA) is 58.2 Å². The van der Waals surface area contributed by atoms with Gasteiger partial charge in [0.25, 0.3) is 0 Å². The van der Waals surface area contributed by atoms with E-state index in [4.69, 9.17) is 23.2 Å². The van der Waals surface area contributed by atoms with Crippen molar-refractivity contribution < 1.29 is 18.4 Å². The summed E-state index contributed by atoms with van der Waals surface area (Å²) in [5.74, 6) is -3.42. The molecule has 2 amide bonds. The van der Waals surface area contributed by atoms with Crippen LogP contribution < -0.4 is 10.6 Å². The fraction of sp³-hybridized carbons (Fsp3) is 0.176. The third-order valence-electron chi connectivity index (χ3n) is 3.49. The van der Waals surface area contributed by atoms with Crippen molar-refractivity contribution in [3.8, 4) is 0 Å². The minimum Gasteiger partial charge on any atom is -0.325 e. The molecule has 25 heavy (non-hydrogen) atoms. The van der Waals surface area contributed by atoms with Crippen molar-refractivity contribution in [2.45, 2.75) is 13.8 Å². The van der Waals surface area contributed by atoms with Crippen LogP contribution in [0.2, 0.25) is 10.0 Å². The lowest BCUT2D eigenvalue weighted by atomic mass is 9.90. The molecular formula is C17H14Cl2F2N2O2. The van der Waals surface area contributed by atoms with Crippen LogP contribution in [-0.4, -0.2) is 11.8 Å². The minimum atomic E-state index is -1.49. The summed E-state index contributed by atoms with van der Waals surface area (Å²) in [6.07, 6.45) is 0. The highest BCUT2D eigenvalue weighted by molar-refractivity contribution is 6.42. The molecule has 2 rings (SSSR count). The molecule has 2 aromatic rings. The molecule has 2 N–H and O–H groups in total. The maximum Gasteiger partial charge on any atom is 0.239 e. The summed E-state index contributed by atoms with van der Waals surface area (Å²) >= 11 is 11.7. The average Bonchev–Trinajstić information content (AvgIpc) is 2.54. The highest BCUT2D eigenvalue weighted by atomic mass is 35.5. The lowest BCUT2D eigenvalue weighted by Crippen LogP contribution is -2.41. The van der Waals surface area contributed by atoms with Crippen LogP contribution in [0.5, 0.6) is 0 Å². The monoisotopic (exact) mass is 386 g/mol. The van der Waals surface area contributed by atoms with Crippen molar-refractivity contribution in [1.82, 2.24) is 0 Å². The zero-order valence-corrected chi connectivity index (χ0v) is 14.8. The van der Waals surface area contributed by atoms with Crippen molar-refractivity contribution in [2.24, 2.45) is 5.41 Å². The van der Waals surface area contributed by atoms with Gasteiger partial charge in [-0.2, -0.15) is 0 Å². The Morgan fingerprint density at radius 3 is 1.88 bits per heavy atom. The number of halogens is 4. The normalized spacial score (nSPS) is 11.1. The van der Waals surface area contributed by atoms with Crippen LogP contribution >= 0.6 is 23.2 Å². The molecule has 0 spiro atoms. The van der Waals surface area contributed by atoms with Gasteiger partial charge in [-0.25, -0.2) is 8.78 Å². The molecular weight excluding hydrogens is 373 g/mol. The fourth-order valence-corrected chi connectivity index (χ4v) is 2.12. The fourth-order valence-electron chi connectivity index (χ4n) is 1.83. The maximum absolute atomic E-state index is 13.2. The minimum absolute atomic E-state index is 0.0410. The molecule has 0 unspecified atom stereocenters. The first-order chi connectivity index (χ1) is 11.6. The largest absolute Gasteiger partial charge is 0.325 e. The lowest BCUT2D eigenvalue weighted by molar-refractivity contribution is -0.135. The Morgan fingerprint density at radius 2 is 1.36 bits per heavy atom. The first-order valence-electron chi connectivity index (χ1n) is 7.14. The van der Waals surface area contributed by atoms with Crippen molar-refractivity contribution in [1.29, 1.82) is 0 Å². The molecule has 0 aliphatic heterocycles. The molecule has 0 aromatic heterocycles. The Morgan fingerprint density at radius 1 is 0.840 bits per heavy atom. The SMILES string of the molecule is CC(C)(C(=O)Nc1ccc(F)c(F)c1)C(=O)Nc1ccc(Cl)c(Cl)c1. The van der Waals surface area contributed by atoms with Gasteiger partial charge in [-0.1, -0.05) is 23.2 Å². The smallest absolute Gasteiger partial charge is 0.239 e. The van der Waals surface area contributed by atoms with Crippen molar-refractivity contribution in [3.05, 3.63) is 58.1 Å². The summed E-state index contributed by atoms with van der Waals surface area (Å²) in [5, 5.41) is 5.53. The third kappa shape index (κ3) is 4.46. The van der Waals surface area contributed by atoms with E-state index in [1.54, 1.807) is 0 Å². The highest BCUT2D eigenvalue weighted by Crippen LogP contribution is 2.27. The van der Waals surface area contributed by atoms with Gasteiger partial charge in [0.2, 0.25) is 11.8 Å². The summed E-state index contributed by atoms with van der Waals surface area (Å²) < 4.78 is 26.1. The average molecular weight is 387 g/mol. The molecule has 0 saturated heterocycles. The summed E-state index contributed by atoms with van der Waals surface area (Å²) in [7, 11) is 0. The number of hydrogen-bond acceptors (Lipinski definition) is 2. The molecule has 8 heteroatoms. The lowest BCUT2D eigenvalue weighted by Gasteiger charge is -2.23. The Kier molecular flexibility index (Phi) is 5.65. The summed E-state index contributed by atoms with van der Waals surface area (Å²) in [4.78, 5) is 24.7. The predicted molar refractivity (Wildman–Crippen MR) is 93.9 cm³/mol. The summed E-state index contributed by atoms with van der Waals surface area (Å²) in [5.41, 5.74) is -1.08. The van der Waals surface area contributed by atoms with Crippen LogP contribution in [-0.2, 0) is 9.59 Å². The van der Waals surface area contributed by atoms with Gasteiger partial charge in [-0.05, 0) is 44.2 Å². The van der Waals surface area contributed by atoms with E-state index in [-0.39, 0.29) is 10.7 Å². The molecule has 0 fully saturated rings. The zero-order valence-electron chi connectivity index (χ0n) is 13.3. The van der Waals surface area contributed by atoms with Crippen LogP contribution in [0.4, 0.5) is 20.2 Å². The van der Waals surface area contributed by atoms with Gasteiger partial charge in [-0.3, -0.25) is 9.59 Å². The van der Waals surface area contributed by atoms with E-state index in [9.17, 15) is 18.4 Å². The highest BCUT2D eigenvalue weighted by Gasteiger charge is 2.36. The second-order valence-electron chi connectivity index (χ2n) is 5.79. The van der Waals surface area contributed by atoms with E-state index in [1.165, 1.54) is 38.1 Å². The molecule has 2 aromatic carbocycles. The van der Waals surface area contributed by atoms with E-state index >= 15 is 0 Å². The van der Waals surface area contributed by atoms with E-state index < -0.39 is 28.9 Å². The number of nitrogens with one attached hydrogen (secondary N) is 2. The first-order valence-corrected chi connectivity index (χ1v) is 7.90. The third-order valence-corrected chi connectivity index (χ3v) is 4.23. The van der Waals surface area contributed by atoms with Crippen LogP contribution in [0.3, 0.4) is 0 Å². The molecule has 0 bridgehead atoms. The van der Waals surface area contributed by atoms with E-state index in [1.807, 2.05) is 0 Å². The Hall–Kier alpha value is -2.18.